The van der Waals surface area contributed by atoms with Crippen molar-refractivity contribution in [3.05, 3.63) is 31.2 Å². The quantitative estimate of drug-likeness (QED) is 0.339. The minimum atomic E-state index is -1.34. The van der Waals surface area contributed by atoms with E-state index in [2.05, 4.69) is 104 Å². The fraction of sp³-hybridized carbons (Fsp3) is 0.714. The van der Waals surface area contributed by atoms with Gasteiger partial charge in [-0.15, -0.1) is 0 Å². The molecule has 27 heavy (non-hydrogen) atoms. The molecule has 0 saturated carbocycles. The van der Waals surface area contributed by atoms with Gasteiger partial charge in [-0.3, -0.25) is 0 Å². The highest BCUT2D eigenvalue weighted by Gasteiger charge is 2.63. The lowest BCUT2D eigenvalue weighted by Crippen LogP contribution is -2.60. The van der Waals surface area contributed by atoms with Crippen molar-refractivity contribution >= 4 is 48.4 Å². The maximum absolute atomic E-state index is 2.77. The molecule has 0 N–H and O–H groups in total. The van der Waals surface area contributed by atoms with Crippen molar-refractivity contribution in [1.82, 2.24) is 0 Å². The predicted octanol–water partition coefficient (Wildman–Crippen LogP) is 7.03. The summed E-state index contributed by atoms with van der Waals surface area (Å²) in [5, 5.41) is 8.31. The second-order valence-electron chi connectivity index (χ2n) is 14.1. The Balaban J connectivity index is 2.25. The van der Waals surface area contributed by atoms with Crippen LogP contribution in [-0.2, 0) is 0 Å². The number of allylic oxidation sites excluding steroid dienone is 5. The Morgan fingerprint density at radius 2 is 0.630 bits per heavy atom. The zero-order valence-corrected chi connectivity index (χ0v) is 26.1. The van der Waals surface area contributed by atoms with Crippen LogP contribution in [-0.4, -0.2) is 48.4 Å². The summed E-state index contributed by atoms with van der Waals surface area (Å²) in [4.78, 5) is 2.16. The molecule has 0 amide bonds. The van der Waals surface area contributed by atoms with Crippen LogP contribution >= 0.6 is 0 Å². The topological polar surface area (TPSA) is 0 Å². The van der Waals surface area contributed by atoms with Crippen LogP contribution in [0.3, 0.4) is 0 Å². The molecule has 150 valence electrons. The van der Waals surface area contributed by atoms with Gasteiger partial charge in [0.05, 0.1) is 48.4 Å². The average molecular weight is 463 g/mol. The molecule has 4 rings (SSSR count). The molecule has 0 spiro atoms. The lowest BCUT2D eigenvalue weighted by Gasteiger charge is -2.54. The van der Waals surface area contributed by atoms with E-state index >= 15 is 0 Å². The van der Waals surface area contributed by atoms with E-state index in [4.69, 9.17) is 0 Å². The van der Waals surface area contributed by atoms with Crippen molar-refractivity contribution in [2.45, 2.75) is 95.6 Å². The molecule has 0 aromatic rings. The zero-order valence-electron chi connectivity index (χ0n) is 20.1. The largest absolute Gasteiger partial charge is 0.0845 e. The molecular weight excluding hydrogens is 421 g/mol. The molecule has 0 unspecified atom stereocenters. The summed E-state index contributed by atoms with van der Waals surface area (Å²) in [5.41, 5.74) is 6.91. The standard InChI is InChI=1S/C21H42Si6/c1-22(2)14-26(9,10)21-16-17(22)19-20(25(7,8)13-24(19,5)6)18(16)23(3,4)15-27(21,11)12/h13-15H2,1-12H3. The molecule has 0 nitrogen and oxygen atoms in total. The van der Waals surface area contributed by atoms with Gasteiger partial charge in [0, 0.05) is 0 Å². The van der Waals surface area contributed by atoms with Crippen LogP contribution in [0.4, 0.5) is 0 Å². The van der Waals surface area contributed by atoms with Gasteiger partial charge in [0.2, 0.25) is 0 Å². The third-order valence-electron chi connectivity index (χ3n) is 8.21. The fourth-order valence-corrected chi connectivity index (χ4v) is 64.2. The molecular formula is C21H42Si6. The maximum Gasteiger partial charge on any atom is 0.0789 e. The highest BCUT2D eigenvalue weighted by atomic mass is 28.4. The summed E-state index contributed by atoms with van der Waals surface area (Å²) < 4.78 is 0. The highest BCUT2D eigenvalue weighted by Crippen LogP contribution is 2.64. The first-order chi connectivity index (χ1) is 11.9. The summed E-state index contributed by atoms with van der Waals surface area (Å²) in [6.07, 6.45) is 0. The van der Waals surface area contributed by atoms with Gasteiger partial charge in [-0.1, -0.05) is 121 Å². The van der Waals surface area contributed by atoms with Crippen LogP contribution in [0.25, 0.3) is 0 Å². The van der Waals surface area contributed by atoms with E-state index in [0.29, 0.717) is 0 Å². The Labute approximate surface area is 174 Å². The molecule has 0 aromatic heterocycles. The molecule has 0 atom stereocenters. The lowest BCUT2D eigenvalue weighted by atomic mass is 10.3. The van der Waals surface area contributed by atoms with E-state index in [-0.39, 0.29) is 0 Å². The van der Waals surface area contributed by atoms with E-state index in [1.54, 1.807) is 17.0 Å². The van der Waals surface area contributed by atoms with Crippen LogP contribution < -0.4 is 0 Å². The first-order valence-electron chi connectivity index (χ1n) is 11.1. The van der Waals surface area contributed by atoms with E-state index in [9.17, 15) is 0 Å². The Hall–Kier alpha value is 0.521. The van der Waals surface area contributed by atoms with E-state index in [1.807, 2.05) is 5.57 Å². The monoisotopic (exact) mass is 462 g/mol. The molecule has 0 aromatic carbocycles. The van der Waals surface area contributed by atoms with Crippen LogP contribution in [0.1, 0.15) is 0 Å². The van der Waals surface area contributed by atoms with E-state index in [0.717, 1.165) is 0 Å². The number of hydrogen-bond acceptors (Lipinski definition) is 0. The average Bonchev–Trinajstić information content (AvgIpc) is 2.78. The van der Waals surface area contributed by atoms with Crippen molar-refractivity contribution in [1.29, 1.82) is 0 Å². The molecule has 0 radical (unpaired) electrons. The zero-order chi connectivity index (χ0) is 20.6. The predicted molar refractivity (Wildman–Crippen MR) is 140 cm³/mol. The van der Waals surface area contributed by atoms with Gasteiger partial charge >= 0.3 is 0 Å². The van der Waals surface area contributed by atoms with Crippen molar-refractivity contribution in [2.75, 3.05) is 0 Å². The number of fused-ring (bicyclic) bond motifs is 1. The fourth-order valence-electron chi connectivity index (χ4n) is 9.02. The Kier molecular flexibility index (Phi) is 4.02. The van der Waals surface area contributed by atoms with Crippen molar-refractivity contribution in [3.8, 4) is 0 Å². The molecule has 3 aliphatic heterocycles. The molecule has 0 bridgehead atoms. The smallest absolute Gasteiger partial charge is 0.0789 e. The summed E-state index contributed by atoms with van der Waals surface area (Å²) in [5.74, 6) is 0. The van der Waals surface area contributed by atoms with Crippen LogP contribution in [0.2, 0.25) is 95.6 Å². The van der Waals surface area contributed by atoms with Gasteiger partial charge in [-0.2, -0.15) is 0 Å². The summed E-state index contributed by atoms with van der Waals surface area (Å²) >= 11 is 0. The molecule has 4 aliphatic rings. The molecule has 6 heteroatoms. The minimum Gasteiger partial charge on any atom is -0.0845 e. The highest BCUT2D eigenvalue weighted by molar-refractivity contribution is 7.20. The Morgan fingerprint density at radius 1 is 0.370 bits per heavy atom. The van der Waals surface area contributed by atoms with Gasteiger partial charge < -0.3 is 0 Å². The number of hydrogen-bond donors (Lipinski definition) is 0. The summed E-state index contributed by atoms with van der Waals surface area (Å²) in [7, 11) is -7.81. The van der Waals surface area contributed by atoms with E-state index in [1.165, 1.54) is 0 Å². The van der Waals surface area contributed by atoms with Crippen molar-refractivity contribution in [2.24, 2.45) is 0 Å². The first kappa shape index (κ1) is 20.8. The van der Waals surface area contributed by atoms with Gasteiger partial charge in [-0.05, 0) is 5.57 Å². The van der Waals surface area contributed by atoms with Crippen LogP contribution in [0.15, 0.2) is 31.2 Å². The van der Waals surface area contributed by atoms with Crippen LogP contribution in [0, 0.1) is 0 Å². The van der Waals surface area contributed by atoms with Crippen LogP contribution in [0.5, 0.6) is 0 Å². The second-order valence-corrected chi connectivity index (χ2v) is 44.4. The van der Waals surface area contributed by atoms with Gasteiger partial charge in [0.1, 0.15) is 0 Å². The maximum atomic E-state index is 2.77. The molecule has 1 fully saturated rings. The molecule has 1 saturated heterocycles. The SMILES string of the molecule is C[Si]1(C)C[Si](C)(C)C2=C3C1=C1C(=C3[Si](C)(C)C[Si]2(C)C)[Si](C)(C)C[Si]1(C)C. The lowest BCUT2D eigenvalue weighted by molar-refractivity contribution is 1.34. The minimum absolute atomic E-state index is 1.28. The second kappa shape index (κ2) is 5.22. The molecule has 1 aliphatic carbocycles. The number of rotatable bonds is 0. The van der Waals surface area contributed by atoms with Gasteiger partial charge in [0.25, 0.3) is 0 Å². The third kappa shape index (κ3) is 2.59. The Bertz CT molecular complexity index is 793. The van der Waals surface area contributed by atoms with Crippen molar-refractivity contribution < 1.29 is 0 Å². The third-order valence-corrected chi connectivity index (χ3v) is 44.9. The molecule has 3 heterocycles. The van der Waals surface area contributed by atoms with Gasteiger partial charge in [0.15, 0.2) is 0 Å². The van der Waals surface area contributed by atoms with E-state index < -0.39 is 48.4 Å². The summed E-state index contributed by atoms with van der Waals surface area (Å²) in [6, 6.07) is 0. The van der Waals surface area contributed by atoms with Gasteiger partial charge in [-0.25, -0.2) is 0 Å². The van der Waals surface area contributed by atoms with Crippen molar-refractivity contribution in [3.63, 3.8) is 0 Å². The Morgan fingerprint density at radius 3 is 0.963 bits per heavy atom. The summed E-state index contributed by atoms with van der Waals surface area (Å²) in [6.45, 7) is 33.1. The first-order valence-corrected chi connectivity index (χ1v) is 30.4. The normalized spacial score (nSPS) is 33.3.